The molecule has 2 rings (SSSR count). The van der Waals surface area contributed by atoms with E-state index in [0.29, 0.717) is 17.9 Å². The molecule has 2 N–H and O–H groups in total. The molecule has 5 nitrogen and oxygen atoms in total. The van der Waals surface area contributed by atoms with Gasteiger partial charge in [0.2, 0.25) is 0 Å². The first-order chi connectivity index (χ1) is 10.7. The summed E-state index contributed by atoms with van der Waals surface area (Å²) < 4.78 is 4.92. The Hall–Kier alpha value is -2.04. The van der Waals surface area contributed by atoms with E-state index in [1.54, 1.807) is 31.2 Å². The molecular weight excluding hydrogens is 280 g/mol. The van der Waals surface area contributed by atoms with Gasteiger partial charge >= 0.3 is 12.0 Å². The summed E-state index contributed by atoms with van der Waals surface area (Å²) in [7, 11) is 0. The summed E-state index contributed by atoms with van der Waals surface area (Å²) in [6.07, 6.45) is 6.98. The summed E-state index contributed by atoms with van der Waals surface area (Å²) >= 11 is 0. The fourth-order valence-electron chi connectivity index (χ4n) is 2.68. The van der Waals surface area contributed by atoms with Gasteiger partial charge in [-0.1, -0.05) is 25.7 Å². The minimum atomic E-state index is -0.350. The van der Waals surface area contributed by atoms with Crippen LogP contribution in [0.2, 0.25) is 0 Å². The average Bonchev–Trinajstić information content (AvgIpc) is 2.77. The summed E-state index contributed by atoms with van der Waals surface area (Å²) in [5.74, 6) is -0.350. The minimum absolute atomic E-state index is 0.184. The van der Waals surface area contributed by atoms with Gasteiger partial charge in [0.1, 0.15) is 0 Å². The summed E-state index contributed by atoms with van der Waals surface area (Å²) in [6, 6.07) is 6.80. The topological polar surface area (TPSA) is 67.4 Å². The van der Waals surface area contributed by atoms with Crippen LogP contribution < -0.4 is 10.6 Å². The molecule has 1 aliphatic carbocycles. The van der Waals surface area contributed by atoms with Crippen molar-refractivity contribution in [3.63, 3.8) is 0 Å². The van der Waals surface area contributed by atoms with Gasteiger partial charge in [0.05, 0.1) is 12.2 Å². The van der Waals surface area contributed by atoms with Crippen molar-refractivity contribution < 1.29 is 14.3 Å². The number of carbonyl (C=O) groups excluding carboxylic acids is 2. The molecule has 0 heterocycles. The predicted octanol–water partition coefficient (Wildman–Crippen LogP) is 3.71. The Morgan fingerprint density at radius 1 is 1.09 bits per heavy atom. The van der Waals surface area contributed by atoms with Gasteiger partial charge in [-0.15, -0.1) is 0 Å². The first kappa shape index (κ1) is 16.3. The molecule has 0 saturated heterocycles. The zero-order chi connectivity index (χ0) is 15.8. The van der Waals surface area contributed by atoms with Crippen molar-refractivity contribution in [2.24, 2.45) is 0 Å². The van der Waals surface area contributed by atoms with Crippen LogP contribution in [0.25, 0.3) is 0 Å². The SMILES string of the molecule is CCOC(=O)c1ccc(NC(=O)NC2CCCCCC2)cc1. The van der Waals surface area contributed by atoms with Gasteiger partial charge in [-0.2, -0.15) is 0 Å². The van der Waals surface area contributed by atoms with Crippen molar-refractivity contribution >= 4 is 17.7 Å². The number of ether oxygens (including phenoxy) is 1. The number of urea groups is 1. The molecule has 1 fully saturated rings. The fourth-order valence-corrected chi connectivity index (χ4v) is 2.68. The number of nitrogens with one attached hydrogen (secondary N) is 2. The molecule has 0 atom stereocenters. The summed E-state index contributed by atoms with van der Waals surface area (Å²) in [4.78, 5) is 23.6. The van der Waals surface area contributed by atoms with Crippen molar-refractivity contribution in [1.29, 1.82) is 0 Å². The Morgan fingerprint density at radius 2 is 1.73 bits per heavy atom. The number of anilines is 1. The average molecular weight is 304 g/mol. The number of esters is 1. The molecular formula is C17H24N2O3. The maximum absolute atomic E-state index is 12.0. The maximum atomic E-state index is 12.0. The highest BCUT2D eigenvalue weighted by molar-refractivity contribution is 5.92. The van der Waals surface area contributed by atoms with Crippen molar-refractivity contribution in [2.45, 2.75) is 51.5 Å². The molecule has 22 heavy (non-hydrogen) atoms. The molecule has 0 unspecified atom stereocenters. The van der Waals surface area contributed by atoms with Crippen LogP contribution in [-0.2, 0) is 4.74 Å². The Balaban J connectivity index is 1.84. The lowest BCUT2D eigenvalue weighted by molar-refractivity contribution is 0.0526. The quantitative estimate of drug-likeness (QED) is 0.658. The van der Waals surface area contributed by atoms with Crippen molar-refractivity contribution in [3.05, 3.63) is 29.8 Å². The van der Waals surface area contributed by atoms with Crippen LogP contribution >= 0.6 is 0 Å². The Kier molecular flexibility index (Phi) is 6.25. The van der Waals surface area contributed by atoms with E-state index in [1.165, 1.54) is 25.7 Å². The molecule has 1 aromatic rings. The number of carbonyl (C=O) groups is 2. The smallest absolute Gasteiger partial charge is 0.338 e. The van der Waals surface area contributed by atoms with Gasteiger partial charge in [-0.05, 0) is 44.0 Å². The third-order valence-corrected chi connectivity index (χ3v) is 3.84. The number of benzene rings is 1. The maximum Gasteiger partial charge on any atom is 0.338 e. The van der Waals surface area contributed by atoms with Crippen LogP contribution in [0.5, 0.6) is 0 Å². The fraction of sp³-hybridized carbons (Fsp3) is 0.529. The molecule has 0 aromatic heterocycles. The highest BCUT2D eigenvalue weighted by atomic mass is 16.5. The first-order valence-electron chi connectivity index (χ1n) is 8.03. The monoisotopic (exact) mass is 304 g/mol. The van der Waals surface area contributed by atoms with E-state index in [-0.39, 0.29) is 18.0 Å². The van der Waals surface area contributed by atoms with E-state index in [1.807, 2.05) is 0 Å². The molecule has 1 aromatic carbocycles. The molecule has 1 aliphatic rings. The number of amides is 2. The predicted molar refractivity (Wildman–Crippen MR) is 86.0 cm³/mol. The van der Waals surface area contributed by atoms with Gasteiger partial charge < -0.3 is 15.4 Å². The second-order valence-electron chi connectivity index (χ2n) is 5.58. The van der Waals surface area contributed by atoms with Gasteiger partial charge in [0, 0.05) is 11.7 Å². The Labute approximate surface area is 131 Å². The zero-order valence-corrected chi connectivity index (χ0v) is 13.1. The van der Waals surface area contributed by atoms with Gasteiger partial charge in [0.25, 0.3) is 0 Å². The van der Waals surface area contributed by atoms with Crippen LogP contribution in [0.1, 0.15) is 55.8 Å². The van der Waals surface area contributed by atoms with Gasteiger partial charge in [0.15, 0.2) is 0 Å². The van der Waals surface area contributed by atoms with E-state index in [0.717, 1.165) is 12.8 Å². The lowest BCUT2D eigenvalue weighted by atomic mass is 10.1. The van der Waals surface area contributed by atoms with Crippen molar-refractivity contribution in [2.75, 3.05) is 11.9 Å². The lowest BCUT2D eigenvalue weighted by Gasteiger charge is -2.16. The standard InChI is InChI=1S/C17H24N2O3/c1-2-22-16(20)13-9-11-15(12-10-13)19-17(21)18-14-7-5-3-4-6-8-14/h9-12,14H,2-8H2,1H3,(H2,18,19,21). The van der Waals surface area contributed by atoms with Crippen LogP contribution in [0.3, 0.4) is 0 Å². The molecule has 1 saturated carbocycles. The van der Waals surface area contributed by atoms with Crippen molar-refractivity contribution in [3.8, 4) is 0 Å². The minimum Gasteiger partial charge on any atom is -0.462 e. The summed E-state index contributed by atoms with van der Waals surface area (Å²) in [5.41, 5.74) is 1.15. The molecule has 5 heteroatoms. The number of rotatable bonds is 4. The van der Waals surface area contributed by atoms with E-state index in [4.69, 9.17) is 4.74 Å². The second-order valence-corrected chi connectivity index (χ2v) is 5.58. The zero-order valence-electron chi connectivity index (χ0n) is 13.1. The van der Waals surface area contributed by atoms with E-state index in [9.17, 15) is 9.59 Å². The van der Waals surface area contributed by atoms with Crippen LogP contribution in [0.4, 0.5) is 10.5 Å². The van der Waals surface area contributed by atoms with E-state index < -0.39 is 0 Å². The van der Waals surface area contributed by atoms with E-state index in [2.05, 4.69) is 10.6 Å². The van der Waals surface area contributed by atoms with Crippen LogP contribution in [-0.4, -0.2) is 24.6 Å². The third-order valence-electron chi connectivity index (χ3n) is 3.84. The summed E-state index contributed by atoms with van der Waals surface area (Å²) in [6.45, 7) is 2.12. The normalized spacial score (nSPS) is 15.7. The molecule has 120 valence electrons. The highest BCUT2D eigenvalue weighted by Gasteiger charge is 2.14. The Bertz CT molecular complexity index is 491. The largest absolute Gasteiger partial charge is 0.462 e. The van der Waals surface area contributed by atoms with Gasteiger partial charge in [-0.3, -0.25) is 0 Å². The third kappa shape index (κ3) is 5.06. The molecule has 0 aliphatic heterocycles. The van der Waals surface area contributed by atoms with E-state index >= 15 is 0 Å². The Morgan fingerprint density at radius 3 is 2.32 bits per heavy atom. The van der Waals surface area contributed by atoms with Crippen molar-refractivity contribution in [1.82, 2.24) is 5.32 Å². The number of hydrogen-bond acceptors (Lipinski definition) is 3. The highest BCUT2D eigenvalue weighted by Crippen LogP contribution is 2.17. The van der Waals surface area contributed by atoms with Crippen LogP contribution in [0, 0.1) is 0 Å². The molecule has 0 spiro atoms. The first-order valence-corrected chi connectivity index (χ1v) is 8.03. The molecule has 0 bridgehead atoms. The lowest BCUT2D eigenvalue weighted by Crippen LogP contribution is -2.37. The molecule has 2 amide bonds. The second kappa shape index (κ2) is 8.41. The van der Waals surface area contributed by atoms with Gasteiger partial charge in [-0.25, -0.2) is 9.59 Å². The van der Waals surface area contributed by atoms with Crippen LogP contribution in [0.15, 0.2) is 24.3 Å². The number of hydrogen-bond donors (Lipinski definition) is 2. The molecule has 0 radical (unpaired) electrons. The summed E-state index contributed by atoms with van der Waals surface area (Å²) in [5, 5.41) is 5.83.